The normalized spacial score (nSPS) is 13.5. The van der Waals surface area contributed by atoms with Gasteiger partial charge in [0.05, 0.1) is 0 Å². The van der Waals surface area contributed by atoms with Crippen molar-refractivity contribution in [3.63, 3.8) is 0 Å². The maximum absolute atomic E-state index is 11.5. The van der Waals surface area contributed by atoms with Gasteiger partial charge < -0.3 is 26.0 Å². The molecule has 0 radical (unpaired) electrons. The lowest BCUT2D eigenvalue weighted by molar-refractivity contribution is -0.141. The Hall–Kier alpha value is -1.83. The van der Waals surface area contributed by atoms with Gasteiger partial charge in [-0.3, -0.25) is 9.59 Å². The molecule has 0 aliphatic heterocycles. The molecular formula is C11H22N2O6. The number of hydrogen-bond donors (Lipinski definition) is 3. The molecule has 0 unspecified atom stereocenters. The summed E-state index contributed by atoms with van der Waals surface area (Å²) in [6.07, 6.45) is -0.729. The third kappa shape index (κ3) is 8.83. The van der Waals surface area contributed by atoms with E-state index >= 15 is 0 Å². The molecule has 0 spiro atoms. The third-order valence-electron chi connectivity index (χ3n) is 1.86. The van der Waals surface area contributed by atoms with Crippen LogP contribution < -0.4 is 10.6 Å². The monoisotopic (exact) mass is 278 g/mol. The quantitative estimate of drug-likeness (QED) is 0.646. The Bertz CT molecular complexity index is 337. The fraction of sp³-hybridized carbons (Fsp3) is 0.727. The van der Waals surface area contributed by atoms with Crippen LogP contribution in [0.4, 0.5) is 4.79 Å². The molecule has 0 fully saturated rings. The number of amides is 2. The Morgan fingerprint density at radius 1 is 1.05 bits per heavy atom. The molecule has 0 heterocycles. The van der Waals surface area contributed by atoms with Crippen LogP contribution in [-0.4, -0.2) is 46.2 Å². The minimum atomic E-state index is -1.15. The standard InChI is InChI=1S/C11H20N2O5.H2O/c1-6(8(14)12-7(2)9(15)16)13-10(17)18-11(3,4)5;/h6-7H,1-5H3,(H,12,14)(H,13,17)(H,15,16);1H2/t6-,7-;/m0./s1. The molecule has 0 aromatic heterocycles. The SMILES string of the molecule is C[C@H](NC(=O)[C@H](C)NC(=O)OC(C)(C)C)C(=O)O.O. The summed E-state index contributed by atoms with van der Waals surface area (Å²) in [6.45, 7) is 7.87. The van der Waals surface area contributed by atoms with Gasteiger partial charge in [0.1, 0.15) is 17.7 Å². The highest BCUT2D eigenvalue weighted by molar-refractivity contribution is 5.88. The second-order valence-corrected chi connectivity index (χ2v) is 4.94. The zero-order valence-electron chi connectivity index (χ0n) is 11.7. The van der Waals surface area contributed by atoms with E-state index in [1.165, 1.54) is 13.8 Å². The minimum absolute atomic E-state index is 0. The van der Waals surface area contributed by atoms with Crippen molar-refractivity contribution in [2.45, 2.75) is 52.3 Å². The highest BCUT2D eigenvalue weighted by atomic mass is 16.6. The topological polar surface area (TPSA) is 136 Å². The van der Waals surface area contributed by atoms with Crippen LogP contribution in [0, 0.1) is 0 Å². The van der Waals surface area contributed by atoms with E-state index in [-0.39, 0.29) is 5.48 Å². The van der Waals surface area contributed by atoms with Crippen molar-refractivity contribution in [1.29, 1.82) is 0 Å². The largest absolute Gasteiger partial charge is 0.480 e. The van der Waals surface area contributed by atoms with Gasteiger partial charge in [0.25, 0.3) is 0 Å². The molecule has 0 saturated heterocycles. The Morgan fingerprint density at radius 2 is 1.53 bits per heavy atom. The van der Waals surface area contributed by atoms with Gasteiger partial charge in [-0.1, -0.05) is 0 Å². The first-order chi connectivity index (χ1) is 8.03. The Kier molecular flexibility index (Phi) is 7.77. The van der Waals surface area contributed by atoms with E-state index in [2.05, 4.69) is 10.6 Å². The van der Waals surface area contributed by atoms with Crippen LogP contribution in [0.15, 0.2) is 0 Å². The number of nitrogens with one attached hydrogen (secondary N) is 2. The predicted octanol–water partition coefficient (Wildman–Crippen LogP) is -0.336. The summed E-state index contributed by atoms with van der Waals surface area (Å²) >= 11 is 0. The number of carboxylic acids is 1. The highest BCUT2D eigenvalue weighted by Crippen LogP contribution is 2.06. The number of rotatable bonds is 4. The zero-order valence-corrected chi connectivity index (χ0v) is 11.7. The first-order valence-corrected chi connectivity index (χ1v) is 5.55. The molecule has 2 amide bonds. The van der Waals surface area contributed by atoms with E-state index < -0.39 is 35.7 Å². The van der Waals surface area contributed by atoms with Gasteiger partial charge >= 0.3 is 12.1 Å². The van der Waals surface area contributed by atoms with Crippen molar-refractivity contribution < 1.29 is 29.7 Å². The summed E-state index contributed by atoms with van der Waals surface area (Å²) in [4.78, 5) is 33.4. The van der Waals surface area contributed by atoms with Crippen molar-refractivity contribution in [3.8, 4) is 0 Å². The minimum Gasteiger partial charge on any atom is -0.480 e. The zero-order chi connectivity index (χ0) is 14.5. The summed E-state index contributed by atoms with van der Waals surface area (Å²) in [6, 6.07) is -1.89. The van der Waals surface area contributed by atoms with Crippen molar-refractivity contribution in [1.82, 2.24) is 10.6 Å². The average Bonchev–Trinajstić information content (AvgIpc) is 2.13. The fourth-order valence-corrected chi connectivity index (χ4v) is 0.950. The molecule has 0 aliphatic rings. The molecule has 0 saturated carbocycles. The van der Waals surface area contributed by atoms with Gasteiger partial charge in [-0.15, -0.1) is 0 Å². The van der Waals surface area contributed by atoms with Gasteiger partial charge in [-0.25, -0.2) is 4.79 Å². The van der Waals surface area contributed by atoms with E-state index in [9.17, 15) is 14.4 Å². The lowest BCUT2D eigenvalue weighted by Gasteiger charge is -2.22. The van der Waals surface area contributed by atoms with E-state index in [0.717, 1.165) is 0 Å². The Balaban J connectivity index is 0. The molecule has 0 bridgehead atoms. The number of carboxylic acid groups (broad SMARTS) is 1. The van der Waals surface area contributed by atoms with Crippen molar-refractivity contribution >= 4 is 18.0 Å². The van der Waals surface area contributed by atoms with Crippen LogP contribution in [-0.2, 0) is 14.3 Å². The lowest BCUT2D eigenvalue weighted by Crippen LogP contribution is -2.50. The predicted molar refractivity (Wildman–Crippen MR) is 67.7 cm³/mol. The summed E-state index contributed by atoms with van der Waals surface area (Å²) in [5.41, 5.74) is -0.658. The van der Waals surface area contributed by atoms with Crippen LogP contribution >= 0.6 is 0 Å². The van der Waals surface area contributed by atoms with Crippen molar-refractivity contribution in [2.75, 3.05) is 0 Å². The lowest BCUT2D eigenvalue weighted by atomic mass is 10.2. The van der Waals surface area contributed by atoms with Crippen LogP contribution in [0.5, 0.6) is 0 Å². The number of alkyl carbamates (subject to hydrolysis) is 1. The van der Waals surface area contributed by atoms with Gasteiger partial charge in [-0.05, 0) is 34.6 Å². The third-order valence-corrected chi connectivity index (χ3v) is 1.86. The van der Waals surface area contributed by atoms with E-state index in [4.69, 9.17) is 9.84 Å². The summed E-state index contributed by atoms with van der Waals surface area (Å²) in [5, 5.41) is 13.2. The summed E-state index contributed by atoms with van der Waals surface area (Å²) in [7, 11) is 0. The molecule has 0 aromatic carbocycles. The second-order valence-electron chi connectivity index (χ2n) is 4.94. The van der Waals surface area contributed by atoms with Crippen LogP contribution in [0.25, 0.3) is 0 Å². The molecule has 2 atom stereocenters. The molecule has 8 heteroatoms. The fourth-order valence-electron chi connectivity index (χ4n) is 0.950. The maximum atomic E-state index is 11.5. The van der Waals surface area contributed by atoms with E-state index in [1.807, 2.05) is 0 Å². The van der Waals surface area contributed by atoms with Gasteiger partial charge in [0, 0.05) is 0 Å². The van der Waals surface area contributed by atoms with Crippen LogP contribution in [0.2, 0.25) is 0 Å². The van der Waals surface area contributed by atoms with Crippen molar-refractivity contribution in [3.05, 3.63) is 0 Å². The Morgan fingerprint density at radius 3 is 1.89 bits per heavy atom. The van der Waals surface area contributed by atoms with Crippen molar-refractivity contribution in [2.24, 2.45) is 0 Å². The van der Waals surface area contributed by atoms with E-state index in [0.29, 0.717) is 0 Å². The molecule has 0 aliphatic carbocycles. The molecule has 112 valence electrons. The van der Waals surface area contributed by atoms with Crippen LogP contribution in [0.1, 0.15) is 34.6 Å². The first kappa shape index (κ1) is 19.5. The number of carbonyl (C=O) groups excluding carboxylic acids is 2. The maximum Gasteiger partial charge on any atom is 0.408 e. The van der Waals surface area contributed by atoms with E-state index in [1.54, 1.807) is 20.8 Å². The van der Waals surface area contributed by atoms with Gasteiger partial charge in [0.2, 0.25) is 5.91 Å². The number of ether oxygens (including phenoxy) is 1. The average molecular weight is 278 g/mol. The number of aliphatic carboxylic acids is 1. The van der Waals surface area contributed by atoms with Gasteiger partial charge in [0.15, 0.2) is 0 Å². The smallest absolute Gasteiger partial charge is 0.408 e. The highest BCUT2D eigenvalue weighted by Gasteiger charge is 2.23. The molecular weight excluding hydrogens is 256 g/mol. The van der Waals surface area contributed by atoms with Crippen LogP contribution in [0.3, 0.4) is 0 Å². The second kappa shape index (κ2) is 7.57. The summed E-state index contributed by atoms with van der Waals surface area (Å²) in [5.74, 6) is -1.73. The Labute approximate surface area is 111 Å². The number of hydrogen-bond acceptors (Lipinski definition) is 4. The summed E-state index contributed by atoms with van der Waals surface area (Å²) < 4.78 is 4.96. The first-order valence-electron chi connectivity index (χ1n) is 5.55. The number of carbonyl (C=O) groups is 3. The molecule has 8 nitrogen and oxygen atoms in total. The molecule has 19 heavy (non-hydrogen) atoms. The molecule has 0 aromatic rings. The molecule has 0 rings (SSSR count). The van der Waals surface area contributed by atoms with Gasteiger partial charge in [-0.2, -0.15) is 0 Å². The molecule has 5 N–H and O–H groups in total.